The Morgan fingerprint density at radius 1 is 1.08 bits per heavy atom. The standard InChI is InChI=1S/C17H29F3N4/c1-3-24(4-2)10-6-5-8-21-13-16-11-15(7-9-23-16)12-22-14-17(18,19)20/h7,9,11,21-22H,3-6,8,10,12-14H2,1-2H3. The van der Waals surface area contributed by atoms with Crippen molar-refractivity contribution in [1.29, 1.82) is 0 Å². The van der Waals surface area contributed by atoms with Crippen molar-refractivity contribution in [3.63, 3.8) is 0 Å². The predicted octanol–water partition coefficient (Wildman–Crippen LogP) is 2.95. The van der Waals surface area contributed by atoms with Gasteiger partial charge in [0, 0.05) is 19.3 Å². The molecule has 0 spiro atoms. The summed E-state index contributed by atoms with van der Waals surface area (Å²) in [6, 6.07) is 3.57. The summed E-state index contributed by atoms with van der Waals surface area (Å²) in [6.07, 6.45) is -0.280. The Labute approximate surface area is 142 Å². The molecule has 0 saturated carbocycles. The van der Waals surface area contributed by atoms with Gasteiger partial charge in [-0.15, -0.1) is 0 Å². The molecule has 138 valence electrons. The molecular formula is C17H29F3N4. The van der Waals surface area contributed by atoms with Crippen LogP contribution >= 0.6 is 0 Å². The van der Waals surface area contributed by atoms with E-state index in [4.69, 9.17) is 0 Å². The zero-order valence-corrected chi connectivity index (χ0v) is 14.6. The van der Waals surface area contributed by atoms with Gasteiger partial charge in [0.25, 0.3) is 0 Å². The second kappa shape index (κ2) is 11.4. The maximum absolute atomic E-state index is 12.1. The predicted molar refractivity (Wildman–Crippen MR) is 90.7 cm³/mol. The molecule has 1 aromatic rings. The Hall–Kier alpha value is -1.18. The molecule has 1 aromatic heterocycles. The summed E-state index contributed by atoms with van der Waals surface area (Å²) in [4.78, 5) is 6.65. The molecule has 0 aliphatic rings. The molecule has 0 unspecified atom stereocenters. The highest BCUT2D eigenvalue weighted by atomic mass is 19.4. The third kappa shape index (κ3) is 9.85. The molecular weight excluding hydrogens is 317 g/mol. The van der Waals surface area contributed by atoms with Crippen LogP contribution in [0.4, 0.5) is 13.2 Å². The highest BCUT2D eigenvalue weighted by Crippen LogP contribution is 2.12. The minimum absolute atomic E-state index is 0.193. The second-order valence-corrected chi connectivity index (χ2v) is 5.78. The summed E-state index contributed by atoms with van der Waals surface area (Å²) >= 11 is 0. The Kier molecular flexibility index (Phi) is 9.90. The van der Waals surface area contributed by atoms with Crippen molar-refractivity contribution in [2.75, 3.05) is 32.7 Å². The molecule has 24 heavy (non-hydrogen) atoms. The summed E-state index contributed by atoms with van der Waals surface area (Å²) < 4.78 is 36.3. The molecule has 7 heteroatoms. The van der Waals surface area contributed by atoms with Gasteiger partial charge in [-0.1, -0.05) is 13.8 Å². The zero-order chi connectivity index (χ0) is 17.8. The van der Waals surface area contributed by atoms with Crippen molar-refractivity contribution < 1.29 is 13.2 Å². The van der Waals surface area contributed by atoms with E-state index in [2.05, 4.69) is 34.4 Å². The monoisotopic (exact) mass is 346 g/mol. The number of nitrogens with one attached hydrogen (secondary N) is 2. The largest absolute Gasteiger partial charge is 0.401 e. The first-order chi connectivity index (χ1) is 11.4. The van der Waals surface area contributed by atoms with Crippen LogP contribution in [0.25, 0.3) is 0 Å². The maximum atomic E-state index is 12.1. The van der Waals surface area contributed by atoms with E-state index in [0.29, 0.717) is 6.54 Å². The van der Waals surface area contributed by atoms with Crippen LogP contribution in [0.5, 0.6) is 0 Å². The minimum Gasteiger partial charge on any atom is -0.311 e. The van der Waals surface area contributed by atoms with Crippen LogP contribution in [-0.4, -0.2) is 48.8 Å². The second-order valence-electron chi connectivity index (χ2n) is 5.78. The number of rotatable bonds is 12. The van der Waals surface area contributed by atoms with Gasteiger partial charge in [-0.2, -0.15) is 13.2 Å². The molecule has 0 aliphatic carbocycles. The van der Waals surface area contributed by atoms with E-state index in [9.17, 15) is 13.2 Å². The molecule has 4 nitrogen and oxygen atoms in total. The fourth-order valence-corrected chi connectivity index (χ4v) is 2.43. The van der Waals surface area contributed by atoms with Crippen molar-refractivity contribution in [3.8, 4) is 0 Å². The average Bonchev–Trinajstić information content (AvgIpc) is 2.53. The lowest BCUT2D eigenvalue weighted by Crippen LogP contribution is -2.28. The number of halogens is 3. The lowest BCUT2D eigenvalue weighted by atomic mass is 10.2. The first-order valence-electron chi connectivity index (χ1n) is 8.59. The number of pyridine rings is 1. The van der Waals surface area contributed by atoms with Crippen molar-refractivity contribution >= 4 is 0 Å². The molecule has 2 N–H and O–H groups in total. The van der Waals surface area contributed by atoms with E-state index in [1.54, 1.807) is 12.3 Å². The first-order valence-corrected chi connectivity index (χ1v) is 8.59. The van der Waals surface area contributed by atoms with Crippen LogP contribution in [-0.2, 0) is 13.1 Å². The van der Waals surface area contributed by atoms with Crippen LogP contribution in [0, 0.1) is 0 Å². The fourth-order valence-electron chi connectivity index (χ4n) is 2.43. The highest BCUT2D eigenvalue weighted by molar-refractivity contribution is 5.16. The Bertz CT molecular complexity index is 448. The van der Waals surface area contributed by atoms with Gasteiger partial charge in [-0.3, -0.25) is 4.98 Å². The summed E-state index contributed by atoms with van der Waals surface area (Å²) in [7, 11) is 0. The topological polar surface area (TPSA) is 40.2 Å². The summed E-state index contributed by atoms with van der Waals surface area (Å²) in [5.41, 5.74) is 1.66. The quantitative estimate of drug-likeness (QED) is 0.571. The molecule has 0 aliphatic heterocycles. The number of aromatic nitrogens is 1. The first kappa shape index (κ1) is 20.9. The van der Waals surface area contributed by atoms with Gasteiger partial charge in [0.1, 0.15) is 0 Å². The molecule has 1 rings (SSSR count). The van der Waals surface area contributed by atoms with E-state index in [-0.39, 0.29) is 6.54 Å². The van der Waals surface area contributed by atoms with Gasteiger partial charge in [0.05, 0.1) is 12.2 Å². The Balaban J connectivity index is 2.20. The molecule has 0 atom stereocenters. The number of unbranched alkanes of at least 4 members (excludes halogenated alkanes) is 1. The van der Waals surface area contributed by atoms with Crippen LogP contribution in [0.15, 0.2) is 18.3 Å². The number of alkyl halides is 3. The Morgan fingerprint density at radius 2 is 1.83 bits per heavy atom. The van der Waals surface area contributed by atoms with Crippen molar-refractivity contribution in [2.24, 2.45) is 0 Å². The average molecular weight is 346 g/mol. The van der Waals surface area contributed by atoms with Gasteiger partial charge in [0.2, 0.25) is 0 Å². The van der Waals surface area contributed by atoms with Gasteiger partial charge in [0.15, 0.2) is 0 Å². The third-order valence-corrected chi connectivity index (χ3v) is 3.81. The van der Waals surface area contributed by atoms with Crippen LogP contribution < -0.4 is 10.6 Å². The van der Waals surface area contributed by atoms with Gasteiger partial charge in [-0.05, 0) is 56.7 Å². The van der Waals surface area contributed by atoms with Gasteiger partial charge >= 0.3 is 6.18 Å². The number of hydrogen-bond acceptors (Lipinski definition) is 4. The number of nitrogens with zero attached hydrogens (tertiary/aromatic N) is 2. The van der Waals surface area contributed by atoms with Crippen LogP contribution in [0.2, 0.25) is 0 Å². The fraction of sp³-hybridized carbons (Fsp3) is 0.706. The summed E-state index contributed by atoms with van der Waals surface area (Å²) in [5.74, 6) is 0. The molecule has 0 fully saturated rings. The third-order valence-electron chi connectivity index (χ3n) is 3.81. The highest BCUT2D eigenvalue weighted by Gasteiger charge is 2.25. The van der Waals surface area contributed by atoms with Crippen molar-refractivity contribution in [1.82, 2.24) is 20.5 Å². The lowest BCUT2D eigenvalue weighted by Gasteiger charge is -2.17. The summed E-state index contributed by atoms with van der Waals surface area (Å²) in [5, 5.41) is 5.73. The van der Waals surface area contributed by atoms with Gasteiger partial charge in [-0.25, -0.2) is 0 Å². The molecule has 0 saturated heterocycles. The van der Waals surface area contributed by atoms with Crippen LogP contribution in [0.1, 0.15) is 37.9 Å². The molecule has 0 bridgehead atoms. The minimum atomic E-state index is -4.18. The van der Waals surface area contributed by atoms with Gasteiger partial charge < -0.3 is 15.5 Å². The molecule has 0 radical (unpaired) electrons. The summed E-state index contributed by atoms with van der Waals surface area (Å²) in [6.45, 7) is 8.40. The normalized spacial score (nSPS) is 12.1. The Morgan fingerprint density at radius 3 is 2.50 bits per heavy atom. The smallest absolute Gasteiger partial charge is 0.311 e. The maximum Gasteiger partial charge on any atom is 0.401 e. The van der Waals surface area contributed by atoms with Crippen molar-refractivity contribution in [3.05, 3.63) is 29.6 Å². The molecule has 1 heterocycles. The van der Waals surface area contributed by atoms with Crippen LogP contribution in [0.3, 0.4) is 0 Å². The number of hydrogen-bond donors (Lipinski definition) is 2. The van der Waals surface area contributed by atoms with E-state index in [0.717, 1.165) is 50.3 Å². The van der Waals surface area contributed by atoms with E-state index < -0.39 is 12.7 Å². The zero-order valence-electron chi connectivity index (χ0n) is 14.6. The van der Waals surface area contributed by atoms with Crippen molar-refractivity contribution in [2.45, 2.75) is 46.0 Å². The van der Waals surface area contributed by atoms with E-state index in [1.165, 1.54) is 0 Å². The molecule has 0 amide bonds. The lowest BCUT2D eigenvalue weighted by molar-refractivity contribution is -0.125. The molecule has 0 aromatic carbocycles. The van der Waals surface area contributed by atoms with E-state index in [1.807, 2.05) is 6.07 Å². The SMILES string of the molecule is CCN(CC)CCCCNCc1cc(CNCC(F)(F)F)ccn1. The van der Waals surface area contributed by atoms with E-state index >= 15 is 0 Å².